The van der Waals surface area contributed by atoms with E-state index in [-0.39, 0.29) is 18.2 Å². The fourth-order valence-corrected chi connectivity index (χ4v) is 0.511. The second kappa shape index (κ2) is 33.1. The molecule has 5 N–H and O–H groups in total. The molecule has 0 atom stereocenters. The Hall–Kier alpha value is -3.51. The maximum atomic E-state index is 10.6. The number of hydrogen-bond acceptors (Lipinski definition) is 8. The zero-order chi connectivity index (χ0) is 25.9. The minimum atomic E-state index is -0.833. The molecule has 13 nitrogen and oxygen atoms in total. The number of aliphatic carboxylic acids is 5. The molecular weight excluding hydrogens is 412 g/mol. The Morgan fingerprint density at radius 3 is 0.867 bits per heavy atom. The first-order chi connectivity index (χ1) is 13.3. The van der Waals surface area contributed by atoms with Crippen LogP contribution in [0.4, 0.5) is 0 Å². The molecule has 0 saturated heterocycles. The van der Waals surface area contributed by atoms with Crippen molar-refractivity contribution in [3.63, 3.8) is 0 Å². The van der Waals surface area contributed by atoms with Gasteiger partial charge in [-0.2, -0.15) is 0 Å². The summed E-state index contributed by atoms with van der Waals surface area (Å²) in [5.41, 5.74) is 0. The number of carbonyl (C=O) groups is 7. The zero-order valence-electron chi connectivity index (χ0n) is 18.1. The smallest absolute Gasteiger partial charge is 0.306 e. The van der Waals surface area contributed by atoms with Gasteiger partial charge in [0, 0.05) is 41.0 Å². The molecule has 0 aromatic heterocycles. The first-order valence-electron chi connectivity index (χ1n) is 7.95. The summed E-state index contributed by atoms with van der Waals surface area (Å²) in [5.74, 6) is -4.44. The molecule has 0 amide bonds. The minimum absolute atomic E-state index is 0.0213. The molecule has 0 spiro atoms. The van der Waals surface area contributed by atoms with E-state index in [1.165, 1.54) is 6.92 Å². The topological polar surface area (TPSA) is 230 Å². The van der Waals surface area contributed by atoms with Gasteiger partial charge < -0.3 is 35.1 Å². The number of hydrogen-bond donors (Lipinski definition) is 5. The van der Waals surface area contributed by atoms with Gasteiger partial charge in [0.05, 0.1) is 13.0 Å². The Kier molecular flexibility index (Phi) is 45.2. The summed E-state index contributed by atoms with van der Waals surface area (Å²) in [6.07, 6.45) is 0.502. The van der Waals surface area contributed by atoms with Crippen LogP contribution in [0.3, 0.4) is 0 Å². The number of carboxylic acids is 5. The van der Waals surface area contributed by atoms with Crippen molar-refractivity contribution in [3.8, 4) is 0 Å². The van der Waals surface area contributed by atoms with Crippen molar-refractivity contribution in [1.29, 1.82) is 0 Å². The van der Waals surface area contributed by atoms with Crippen molar-refractivity contribution < 1.29 is 63.8 Å². The molecule has 0 saturated carbocycles. The van der Waals surface area contributed by atoms with E-state index in [1.54, 1.807) is 6.92 Å². The van der Waals surface area contributed by atoms with E-state index < -0.39 is 29.8 Å². The fourth-order valence-electron chi connectivity index (χ4n) is 0.511. The number of carboxylic acid groups (broad SMARTS) is 5. The predicted octanol–water partition coefficient (Wildman–Crippen LogP) is 1.37. The maximum Gasteiger partial charge on any atom is 0.306 e. The van der Waals surface area contributed by atoms with Crippen LogP contribution in [0.2, 0.25) is 0 Å². The molecule has 30 heavy (non-hydrogen) atoms. The molecule has 0 aliphatic carbocycles. The van der Waals surface area contributed by atoms with Gasteiger partial charge in [-0.05, 0) is 13.8 Å². The molecular formula is C17H32O13. The Morgan fingerprint density at radius 2 is 0.733 bits per heavy atom. The first-order valence-corrected chi connectivity index (χ1v) is 7.95. The van der Waals surface area contributed by atoms with E-state index in [4.69, 9.17) is 49.5 Å². The highest BCUT2D eigenvalue weighted by atomic mass is 16.5. The van der Waals surface area contributed by atoms with E-state index >= 15 is 0 Å². The van der Waals surface area contributed by atoms with Crippen LogP contribution in [-0.2, 0) is 38.3 Å². The van der Waals surface area contributed by atoms with Gasteiger partial charge in [0.15, 0.2) is 0 Å². The van der Waals surface area contributed by atoms with Gasteiger partial charge in [-0.25, -0.2) is 0 Å². The molecule has 0 bridgehead atoms. The number of ketones is 1. The highest BCUT2D eigenvalue weighted by Crippen LogP contribution is 1.92. The van der Waals surface area contributed by atoms with Gasteiger partial charge >= 0.3 is 5.97 Å². The third kappa shape index (κ3) is 670. The largest absolute Gasteiger partial charge is 0.481 e. The van der Waals surface area contributed by atoms with Crippen LogP contribution < -0.4 is 0 Å². The average molecular weight is 444 g/mol. The van der Waals surface area contributed by atoms with Gasteiger partial charge in [-0.3, -0.25) is 28.8 Å². The van der Waals surface area contributed by atoms with Gasteiger partial charge in [0.1, 0.15) is 5.78 Å². The molecule has 0 radical (unpaired) electrons. The normalized spacial score (nSPS) is 7.17. The Bertz CT molecular complexity index is 420. The van der Waals surface area contributed by atoms with Crippen LogP contribution in [0.15, 0.2) is 0 Å². The molecule has 178 valence electrons. The Balaban J connectivity index is -0.0000000616. The second-order valence-electron chi connectivity index (χ2n) is 4.60. The molecule has 13 heteroatoms. The monoisotopic (exact) mass is 444 g/mol. The van der Waals surface area contributed by atoms with E-state index in [1.807, 2.05) is 0 Å². The van der Waals surface area contributed by atoms with Crippen molar-refractivity contribution in [2.45, 2.75) is 61.3 Å². The summed E-state index contributed by atoms with van der Waals surface area (Å²) in [7, 11) is 0. The number of rotatable bonds is 4. The summed E-state index contributed by atoms with van der Waals surface area (Å²) >= 11 is 0. The van der Waals surface area contributed by atoms with Crippen molar-refractivity contribution in [2.75, 3.05) is 6.61 Å². The van der Waals surface area contributed by atoms with Gasteiger partial charge in [-0.15, -0.1) is 0 Å². The molecule has 0 aromatic carbocycles. The van der Waals surface area contributed by atoms with Crippen molar-refractivity contribution in [3.05, 3.63) is 0 Å². The van der Waals surface area contributed by atoms with Crippen molar-refractivity contribution in [2.24, 2.45) is 0 Å². The molecule has 0 unspecified atom stereocenters. The number of ether oxygens (including phenoxy) is 1. The molecule has 0 heterocycles. The average Bonchev–Trinajstić information content (AvgIpc) is 2.42. The number of Topliss-reactive ketones (excluding diaryl/α,β-unsaturated/α-hetero) is 1. The van der Waals surface area contributed by atoms with Gasteiger partial charge in [-0.1, -0.05) is 0 Å². The summed E-state index contributed by atoms with van der Waals surface area (Å²) < 4.78 is 4.60. The Labute approximate surface area is 174 Å². The molecule has 0 aliphatic rings. The maximum absolute atomic E-state index is 10.6. The quantitative estimate of drug-likeness (QED) is 0.386. The Morgan fingerprint density at radius 1 is 0.533 bits per heavy atom. The van der Waals surface area contributed by atoms with Gasteiger partial charge in [0.2, 0.25) is 0 Å². The highest BCUT2D eigenvalue weighted by molar-refractivity contribution is 5.80. The lowest BCUT2D eigenvalue weighted by Gasteiger charge is -1.97. The minimum Gasteiger partial charge on any atom is -0.481 e. The third-order valence-electron chi connectivity index (χ3n) is 0.987. The molecule has 0 aliphatic heterocycles. The summed E-state index contributed by atoms with van der Waals surface area (Å²) in [4.78, 5) is 65.9. The lowest BCUT2D eigenvalue weighted by atomic mass is 10.2. The standard InChI is InChI=1S/C7H12O3.5C2H4O2/c1-3-10-7(9)5-4-6(2)8;5*1-2(3)4/h3-5H2,1-2H3;5*1H3,(H,3,4). The van der Waals surface area contributed by atoms with Gasteiger partial charge in [0.25, 0.3) is 29.8 Å². The zero-order valence-corrected chi connectivity index (χ0v) is 18.1. The molecule has 0 rings (SSSR count). The summed E-state index contributed by atoms with van der Waals surface area (Å²) in [6.45, 7) is 9.00. The predicted molar refractivity (Wildman–Crippen MR) is 103 cm³/mol. The van der Waals surface area contributed by atoms with Crippen molar-refractivity contribution in [1.82, 2.24) is 0 Å². The van der Waals surface area contributed by atoms with Crippen LogP contribution in [0.1, 0.15) is 61.3 Å². The van der Waals surface area contributed by atoms with Crippen LogP contribution in [0.25, 0.3) is 0 Å². The van der Waals surface area contributed by atoms with E-state index in [0.717, 1.165) is 34.6 Å². The molecule has 0 fully saturated rings. The molecule has 0 aromatic rings. The van der Waals surface area contributed by atoms with E-state index in [9.17, 15) is 9.59 Å². The SMILES string of the molecule is CC(=O)O.CC(=O)O.CC(=O)O.CC(=O)O.CC(=O)O.CCOC(=O)CCC(C)=O. The number of esters is 1. The highest BCUT2D eigenvalue weighted by Gasteiger charge is 2.02. The van der Waals surface area contributed by atoms with Crippen LogP contribution in [-0.4, -0.2) is 73.7 Å². The lowest BCUT2D eigenvalue weighted by molar-refractivity contribution is -0.144. The van der Waals surface area contributed by atoms with Crippen LogP contribution >= 0.6 is 0 Å². The summed E-state index contributed by atoms with van der Waals surface area (Å²) in [5, 5.41) is 37.1. The first kappa shape index (κ1) is 41.0. The third-order valence-corrected chi connectivity index (χ3v) is 0.987. The fraction of sp³-hybridized carbons (Fsp3) is 0.588. The number of carbonyl (C=O) groups excluding carboxylic acids is 2. The van der Waals surface area contributed by atoms with E-state index in [2.05, 4.69) is 4.74 Å². The van der Waals surface area contributed by atoms with Crippen LogP contribution in [0, 0.1) is 0 Å². The van der Waals surface area contributed by atoms with E-state index in [0.29, 0.717) is 13.0 Å². The summed E-state index contributed by atoms with van der Waals surface area (Å²) in [6, 6.07) is 0. The second-order valence-corrected chi connectivity index (χ2v) is 4.60. The lowest BCUT2D eigenvalue weighted by Crippen LogP contribution is -2.05. The van der Waals surface area contributed by atoms with Crippen LogP contribution in [0.5, 0.6) is 0 Å². The van der Waals surface area contributed by atoms with Crippen molar-refractivity contribution >= 4 is 41.6 Å².